The molecule has 72 valence electrons. The maximum absolute atomic E-state index is 11.3. The second-order valence-corrected chi connectivity index (χ2v) is 2.62. The van der Waals surface area contributed by atoms with Gasteiger partial charge in [-0.3, -0.25) is 0 Å². The van der Waals surface area contributed by atoms with E-state index in [-0.39, 0.29) is 6.04 Å². The molecule has 0 radical (unpaired) electrons. The minimum absolute atomic E-state index is 0.303. The fourth-order valence-electron chi connectivity index (χ4n) is 0.935. The fraction of sp³-hybridized carbons (Fsp3) is 0.500. The topological polar surface area (TPSA) is 78.3 Å². The average molecular weight is 184 g/mol. The molecule has 5 nitrogen and oxygen atoms in total. The molecule has 1 heterocycles. The van der Waals surface area contributed by atoms with Gasteiger partial charge in [-0.25, -0.2) is 4.79 Å². The van der Waals surface area contributed by atoms with Crippen molar-refractivity contribution < 1.29 is 14.1 Å². The molecule has 0 saturated carbocycles. The van der Waals surface area contributed by atoms with E-state index in [1.165, 1.54) is 6.26 Å². The molecule has 1 aromatic rings. The van der Waals surface area contributed by atoms with Crippen LogP contribution in [0.15, 0.2) is 10.8 Å². The molecule has 0 bridgehead atoms. The molecule has 13 heavy (non-hydrogen) atoms. The van der Waals surface area contributed by atoms with Crippen LogP contribution in [-0.4, -0.2) is 17.7 Å². The van der Waals surface area contributed by atoms with Gasteiger partial charge in [0.1, 0.15) is 17.5 Å². The van der Waals surface area contributed by atoms with Crippen molar-refractivity contribution in [3.63, 3.8) is 0 Å². The summed E-state index contributed by atoms with van der Waals surface area (Å²) in [5, 5.41) is 3.62. The summed E-state index contributed by atoms with van der Waals surface area (Å²) in [7, 11) is 0. The third-order valence-electron chi connectivity index (χ3n) is 1.52. The first kappa shape index (κ1) is 9.73. The van der Waals surface area contributed by atoms with E-state index < -0.39 is 5.97 Å². The Bertz CT molecular complexity index is 293. The van der Waals surface area contributed by atoms with E-state index in [0.29, 0.717) is 17.9 Å². The molecule has 0 aliphatic carbocycles. The Hall–Kier alpha value is -1.36. The van der Waals surface area contributed by atoms with E-state index in [1.807, 2.05) is 0 Å². The molecular formula is C8H12N2O3. The number of esters is 1. The smallest absolute Gasteiger partial charge is 0.343 e. The van der Waals surface area contributed by atoms with Gasteiger partial charge in [0.05, 0.1) is 6.61 Å². The zero-order chi connectivity index (χ0) is 9.84. The number of nitrogens with two attached hydrogens (primary N) is 1. The van der Waals surface area contributed by atoms with Gasteiger partial charge in [0.25, 0.3) is 0 Å². The van der Waals surface area contributed by atoms with Crippen molar-refractivity contribution in [3.8, 4) is 0 Å². The number of carbonyl (C=O) groups is 1. The van der Waals surface area contributed by atoms with Crippen LogP contribution >= 0.6 is 0 Å². The second-order valence-electron chi connectivity index (χ2n) is 2.62. The molecule has 1 aromatic heterocycles. The predicted octanol–water partition coefficient (Wildman–Crippen LogP) is 0.871. The van der Waals surface area contributed by atoms with Gasteiger partial charge in [-0.15, -0.1) is 0 Å². The number of ether oxygens (including phenoxy) is 1. The van der Waals surface area contributed by atoms with Crippen molar-refractivity contribution >= 4 is 5.97 Å². The van der Waals surface area contributed by atoms with Gasteiger partial charge in [0.2, 0.25) is 0 Å². The Kier molecular flexibility index (Phi) is 3.02. The summed E-state index contributed by atoms with van der Waals surface area (Å²) >= 11 is 0. The van der Waals surface area contributed by atoms with Crippen molar-refractivity contribution in [2.24, 2.45) is 5.73 Å². The van der Waals surface area contributed by atoms with Crippen LogP contribution in [0.1, 0.15) is 35.9 Å². The zero-order valence-corrected chi connectivity index (χ0v) is 7.61. The van der Waals surface area contributed by atoms with E-state index in [9.17, 15) is 4.79 Å². The molecular weight excluding hydrogens is 172 g/mol. The van der Waals surface area contributed by atoms with Crippen LogP contribution in [0.3, 0.4) is 0 Å². The van der Waals surface area contributed by atoms with Crippen LogP contribution in [0.2, 0.25) is 0 Å². The Labute approximate surface area is 75.8 Å². The molecule has 0 fully saturated rings. The summed E-state index contributed by atoms with van der Waals surface area (Å²) in [6.07, 6.45) is 1.25. The summed E-state index contributed by atoms with van der Waals surface area (Å²) in [4.78, 5) is 11.3. The lowest BCUT2D eigenvalue weighted by atomic mass is 10.1. The van der Waals surface area contributed by atoms with E-state index in [0.717, 1.165) is 0 Å². The van der Waals surface area contributed by atoms with Crippen molar-refractivity contribution in [1.82, 2.24) is 5.16 Å². The Morgan fingerprint density at radius 3 is 3.08 bits per heavy atom. The highest BCUT2D eigenvalue weighted by atomic mass is 16.5. The summed E-state index contributed by atoms with van der Waals surface area (Å²) in [5.74, 6) is -0.448. The molecule has 0 aliphatic rings. The first-order valence-corrected chi connectivity index (χ1v) is 4.03. The van der Waals surface area contributed by atoms with Crippen molar-refractivity contribution in [1.29, 1.82) is 0 Å². The number of hydrogen-bond donors (Lipinski definition) is 1. The van der Waals surface area contributed by atoms with Crippen LogP contribution < -0.4 is 5.73 Å². The van der Waals surface area contributed by atoms with Crippen LogP contribution in [0.4, 0.5) is 0 Å². The molecule has 1 unspecified atom stereocenters. The number of carbonyl (C=O) groups excluding carboxylic acids is 1. The summed E-state index contributed by atoms with van der Waals surface area (Å²) in [6, 6.07) is -0.335. The van der Waals surface area contributed by atoms with Gasteiger partial charge in [-0.05, 0) is 13.8 Å². The first-order chi connectivity index (χ1) is 6.16. The Morgan fingerprint density at radius 2 is 2.54 bits per heavy atom. The quantitative estimate of drug-likeness (QED) is 0.705. The maximum Gasteiger partial charge on any atom is 0.343 e. The zero-order valence-electron chi connectivity index (χ0n) is 7.61. The van der Waals surface area contributed by atoms with Crippen molar-refractivity contribution in [2.75, 3.05) is 6.61 Å². The molecule has 0 saturated heterocycles. The third kappa shape index (κ3) is 2.06. The fourth-order valence-corrected chi connectivity index (χ4v) is 0.935. The lowest BCUT2D eigenvalue weighted by Crippen LogP contribution is -2.12. The summed E-state index contributed by atoms with van der Waals surface area (Å²) < 4.78 is 9.43. The lowest BCUT2D eigenvalue weighted by molar-refractivity contribution is 0.0524. The molecule has 0 aliphatic heterocycles. The number of hydrogen-bond acceptors (Lipinski definition) is 5. The minimum atomic E-state index is -0.448. The molecule has 1 rings (SSSR count). The molecule has 0 amide bonds. The van der Waals surface area contributed by atoms with E-state index in [2.05, 4.69) is 9.68 Å². The SMILES string of the molecule is CCOC(=O)c1conc1C(C)N. The second kappa shape index (κ2) is 4.04. The summed E-state index contributed by atoms with van der Waals surface area (Å²) in [5.41, 5.74) is 6.29. The van der Waals surface area contributed by atoms with Crippen LogP contribution in [0.25, 0.3) is 0 Å². The van der Waals surface area contributed by atoms with E-state index in [1.54, 1.807) is 13.8 Å². The summed E-state index contributed by atoms with van der Waals surface area (Å²) in [6.45, 7) is 3.78. The predicted molar refractivity (Wildman–Crippen MR) is 45.1 cm³/mol. The molecule has 2 N–H and O–H groups in total. The molecule has 5 heteroatoms. The minimum Gasteiger partial charge on any atom is -0.462 e. The molecule has 0 spiro atoms. The lowest BCUT2D eigenvalue weighted by Gasteiger charge is -2.02. The van der Waals surface area contributed by atoms with Gasteiger partial charge in [0, 0.05) is 6.04 Å². The molecule has 1 atom stereocenters. The van der Waals surface area contributed by atoms with Crippen molar-refractivity contribution in [2.45, 2.75) is 19.9 Å². The molecule has 0 aromatic carbocycles. The van der Waals surface area contributed by atoms with E-state index >= 15 is 0 Å². The first-order valence-electron chi connectivity index (χ1n) is 4.03. The normalized spacial score (nSPS) is 12.5. The number of rotatable bonds is 3. The van der Waals surface area contributed by atoms with Crippen LogP contribution in [-0.2, 0) is 4.74 Å². The largest absolute Gasteiger partial charge is 0.462 e. The van der Waals surface area contributed by atoms with Crippen molar-refractivity contribution in [3.05, 3.63) is 17.5 Å². The third-order valence-corrected chi connectivity index (χ3v) is 1.52. The average Bonchev–Trinajstić information content (AvgIpc) is 2.52. The van der Waals surface area contributed by atoms with Gasteiger partial charge >= 0.3 is 5.97 Å². The van der Waals surface area contributed by atoms with Gasteiger partial charge in [-0.2, -0.15) is 0 Å². The highest BCUT2D eigenvalue weighted by Crippen LogP contribution is 2.14. The van der Waals surface area contributed by atoms with Crippen LogP contribution in [0, 0.1) is 0 Å². The monoisotopic (exact) mass is 184 g/mol. The number of nitrogens with zero attached hydrogens (tertiary/aromatic N) is 1. The Balaban J connectivity index is 2.87. The van der Waals surface area contributed by atoms with Gasteiger partial charge in [0.15, 0.2) is 0 Å². The highest BCUT2D eigenvalue weighted by molar-refractivity contribution is 5.90. The van der Waals surface area contributed by atoms with Gasteiger partial charge < -0.3 is 15.0 Å². The van der Waals surface area contributed by atoms with E-state index in [4.69, 9.17) is 10.5 Å². The number of aromatic nitrogens is 1. The highest BCUT2D eigenvalue weighted by Gasteiger charge is 2.19. The van der Waals surface area contributed by atoms with Gasteiger partial charge in [-0.1, -0.05) is 5.16 Å². The van der Waals surface area contributed by atoms with Crippen LogP contribution in [0.5, 0.6) is 0 Å². The Morgan fingerprint density at radius 1 is 1.85 bits per heavy atom. The maximum atomic E-state index is 11.3. The standard InChI is InChI=1S/C8H12N2O3/c1-3-12-8(11)6-4-13-10-7(6)5(2)9/h4-5H,3,9H2,1-2H3.